The van der Waals surface area contributed by atoms with Gasteiger partial charge in [-0.2, -0.15) is 24.4 Å². The summed E-state index contributed by atoms with van der Waals surface area (Å²) < 4.78 is 0. The summed E-state index contributed by atoms with van der Waals surface area (Å²) in [5, 5.41) is 12.2. The zero-order valence-electron chi connectivity index (χ0n) is 16.5. The number of carboxylic acid groups (broad SMARTS) is 1. The number of nitrogens with one attached hydrogen (secondary N) is 1. The van der Waals surface area contributed by atoms with Gasteiger partial charge in [0, 0.05) is 5.25 Å². The molecule has 6 atom stereocenters. The van der Waals surface area contributed by atoms with Crippen LogP contribution in [-0.4, -0.2) is 62.2 Å². The minimum atomic E-state index is -1.000. The van der Waals surface area contributed by atoms with Crippen LogP contribution in [0.1, 0.15) is 24.8 Å². The maximum absolute atomic E-state index is 13.4. The minimum Gasteiger partial charge on any atom is -0.480 e. The van der Waals surface area contributed by atoms with Crippen molar-refractivity contribution in [1.82, 2.24) is 10.2 Å². The van der Waals surface area contributed by atoms with Crippen molar-refractivity contribution in [2.45, 2.75) is 54.3 Å². The van der Waals surface area contributed by atoms with Crippen molar-refractivity contribution >= 4 is 42.2 Å². The molecule has 0 spiro atoms. The van der Waals surface area contributed by atoms with Crippen molar-refractivity contribution in [1.29, 1.82) is 0 Å². The van der Waals surface area contributed by atoms with Gasteiger partial charge in [-0.1, -0.05) is 42.5 Å². The predicted octanol–water partition coefficient (Wildman–Crippen LogP) is 2.15. The summed E-state index contributed by atoms with van der Waals surface area (Å²) in [5.74, 6) is -0.325. The molecule has 3 heterocycles. The Morgan fingerprint density at radius 3 is 2.80 bits per heavy atom. The molecule has 6 unspecified atom stereocenters. The number of amides is 2. The van der Waals surface area contributed by atoms with Crippen LogP contribution in [0.2, 0.25) is 0 Å². The second kappa shape index (κ2) is 9.06. The molecule has 2 saturated heterocycles. The molecule has 0 saturated carbocycles. The Kier molecular flexibility index (Phi) is 6.43. The lowest BCUT2D eigenvalue weighted by atomic mass is 9.91. The number of thioether (sulfide) groups is 1. The van der Waals surface area contributed by atoms with Gasteiger partial charge in [-0.15, -0.1) is 0 Å². The molecule has 2 N–H and O–H groups in total. The van der Waals surface area contributed by atoms with Crippen LogP contribution in [0.4, 0.5) is 0 Å². The average Bonchev–Trinajstić information content (AvgIpc) is 3.16. The zero-order chi connectivity index (χ0) is 21.3. The van der Waals surface area contributed by atoms with E-state index in [1.165, 1.54) is 4.90 Å². The smallest absolute Gasteiger partial charge is 0.326 e. The molecule has 0 aliphatic carbocycles. The largest absolute Gasteiger partial charge is 0.480 e. The number of aliphatic carboxylic acids is 1. The van der Waals surface area contributed by atoms with Crippen LogP contribution in [0.5, 0.6) is 0 Å². The second-order valence-electron chi connectivity index (χ2n) is 8.14. The third-order valence-electron chi connectivity index (χ3n) is 6.22. The van der Waals surface area contributed by atoms with Gasteiger partial charge in [-0.3, -0.25) is 9.59 Å². The number of rotatable bonds is 5. The molecule has 30 heavy (non-hydrogen) atoms. The lowest BCUT2D eigenvalue weighted by Crippen LogP contribution is -2.58. The third kappa shape index (κ3) is 4.25. The highest BCUT2D eigenvalue weighted by atomic mass is 32.2. The summed E-state index contributed by atoms with van der Waals surface area (Å²) >= 11 is 6.27. The number of benzene rings is 1. The Labute approximate surface area is 185 Å². The van der Waals surface area contributed by atoms with Crippen molar-refractivity contribution in [2.75, 3.05) is 5.75 Å². The van der Waals surface area contributed by atoms with Crippen molar-refractivity contribution < 1.29 is 19.5 Å². The van der Waals surface area contributed by atoms with Crippen LogP contribution in [0, 0.1) is 5.92 Å². The lowest BCUT2D eigenvalue weighted by molar-refractivity contribution is -0.152. The first-order chi connectivity index (χ1) is 14.5. The fraction of sp³-hybridized carbons (Fsp3) is 0.500. The molecule has 8 heteroatoms. The monoisotopic (exact) mass is 446 g/mol. The quantitative estimate of drug-likeness (QED) is 0.477. The number of carboxylic acids is 1. The van der Waals surface area contributed by atoms with Crippen LogP contribution in [0.3, 0.4) is 0 Å². The van der Waals surface area contributed by atoms with E-state index in [0.717, 1.165) is 17.7 Å². The third-order valence-corrected chi connectivity index (χ3v) is 8.15. The molecule has 2 amide bonds. The normalized spacial score (nSPS) is 31.4. The van der Waals surface area contributed by atoms with E-state index >= 15 is 0 Å². The first-order valence-electron chi connectivity index (χ1n) is 10.3. The standard InChI is InChI=1S/C22H26N2O4S2/c25-20(18(29)11-13-5-2-1-3-6-13)23-15-12-14-9-10-30-19(14)16-7-4-8-17(22(27)28)24(16)21(15)26/h1-7,14-19,29H,8-12H2,(H,23,25)(H,27,28). The molecule has 160 valence electrons. The molecule has 0 aromatic heterocycles. The van der Waals surface area contributed by atoms with Gasteiger partial charge in [-0.25, -0.2) is 4.79 Å². The highest BCUT2D eigenvalue weighted by molar-refractivity contribution is 8.00. The van der Waals surface area contributed by atoms with Gasteiger partial charge in [0.2, 0.25) is 11.8 Å². The van der Waals surface area contributed by atoms with Gasteiger partial charge < -0.3 is 15.3 Å². The van der Waals surface area contributed by atoms with Crippen LogP contribution < -0.4 is 5.32 Å². The van der Waals surface area contributed by atoms with E-state index in [1.807, 2.05) is 42.5 Å². The molecule has 0 radical (unpaired) electrons. The number of nitrogens with zero attached hydrogens (tertiary/aromatic N) is 1. The number of hydrogen-bond acceptors (Lipinski definition) is 5. The molecule has 2 fully saturated rings. The molecule has 1 aromatic carbocycles. The van der Waals surface area contributed by atoms with Crippen LogP contribution >= 0.6 is 24.4 Å². The number of thiol groups is 1. The van der Waals surface area contributed by atoms with E-state index in [2.05, 4.69) is 17.9 Å². The SMILES string of the molecule is O=C(NC1CC2CCSC2C2C=CCC(C(=O)O)N2C1=O)C(S)Cc1ccccc1. The van der Waals surface area contributed by atoms with Gasteiger partial charge in [0.15, 0.2) is 0 Å². The van der Waals surface area contributed by atoms with E-state index < -0.39 is 23.3 Å². The van der Waals surface area contributed by atoms with Crippen LogP contribution in [0.25, 0.3) is 0 Å². The summed E-state index contributed by atoms with van der Waals surface area (Å²) in [5.41, 5.74) is 0.999. The second-order valence-corrected chi connectivity index (χ2v) is 10.0. The Hall–Kier alpha value is -1.93. The average molecular weight is 447 g/mol. The summed E-state index contributed by atoms with van der Waals surface area (Å²) in [6, 6.07) is 7.79. The predicted molar refractivity (Wildman–Crippen MR) is 120 cm³/mol. The summed E-state index contributed by atoms with van der Waals surface area (Å²) in [7, 11) is 0. The minimum absolute atomic E-state index is 0.172. The number of fused-ring (bicyclic) bond motifs is 3. The molecular weight excluding hydrogens is 420 g/mol. The molecular formula is C22H26N2O4S2. The van der Waals surface area contributed by atoms with E-state index in [9.17, 15) is 19.5 Å². The number of hydrogen-bond donors (Lipinski definition) is 3. The summed E-state index contributed by atoms with van der Waals surface area (Å²) in [4.78, 5) is 39.6. The maximum atomic E-state index is 13.4. The van der Waals surface area contributed by atoms with Crippen molar-refractivity contribution in [3.63, 3.8) is 0 Å². The van der Waals surface area contributed by atoms with Crippen molar-refractivity contribution in [3.05, 3.63) is 48.0 Å². The van der Waals surface area contributed by atoms with Gasteiger partial charge in [0.05, 0.1) is 11.3 Å². The number of carbonyl (C=O) groups excluding carboxylic acids is 2. The van der Waals surface area contributed by atoms with Gasteiger partial charge in [0.25, 0.3) is 0 Å². The summed E-state index contributed by atoms with van der Waals surface area (Å²) in [6.07, 6.45) is 6.13. The topological polar surface area (TPSA) is 86.7 Å². The zero-order valence-corrected chi connectivity index (χ0v) is 18.2. The van der Waals surface area contributed by atoms with Crippen molar-refractivity contribution in [2.24, 2.45) is 5.92 Å². The highest BCUT2D eigenvalue weighted by Crippen LogP contribution is 2.43. The maximum Gasteiger partial charge on any atom is 0.326 e. The first kappa shape index (κ1) is 21.3. The van der Waals surface area contributed by atoms with Crippen LogP contribution in [0.15, 0.2) is 42.5 Å². The van der Waals surface area contributed by atoms with Crippen molar-refractivity contribution in [3.8, 4) is 0 Å². The Balaban J connectivity index is 1.53. The molecule has 1 aromatic rings. The highest BCUT2D eigenvalue weighted by Gasteiger charge is 2.49. The van der Waals surface area contributed by atoms with Crippen LogP contribution in [-0.2, 0) is 20.8 Å². The van der Waals surface area contributed by atoms with E-state index in [-0.39, 0.29) is 29.0 Å². The lowest BCUT2D eigenvalue weighted by Gasteiger charge is -2.39. The molecule has 4 rings (SSSR count). The van der Waals surface area contributed by atoms with Gasteiger partial charge >= 0.3 is 5.97 Å². The first-order valence-corrected chi connectivity index (χ1v) is 11.9. The Morgan fingerprint density at radius 2 is 2.07 bits per heavy atom. The van der Waals surface area contributed by atoms with Gasteiger partial charge in [-0.05, 0) is 42.9 Å². The molecule has 0 bridgehead atoms. The Morgan fingerprint density at radius 1 is 1.30 bits per heavy atom. The van der Waals surface area contributed by atoms with Gasteiger partial charge in [0.1, 0.15) is 12.1 Å². The fourth-order valence-electron chi connectivity index (χ4n) is 4.74. The summed E-state index contributed by atoms with van der Waals surface area (Å²) in [6.45, 7) is 0. The molecule has 6 nitrogen and oxygen atoms in total. The number of carbonyl (C=O) groups is 3. The molecule has 3 aliphatic rings. The van der Waals surface area contributed by atoms with E-state index in [4.69, 9.17) is 0 Å². The fourth-order valence-corrected chi connectivity index (χ4v) is 6.67. The Bertz CT molecular complexity index is 847. The van der Waals surface area contributed by atoms with E-state index in [1.54, 1.807) is 11.8 Å². The van der Waals surface area contributed by atoms with E-state index in [0.29, 0.717) is 19.3 Å². The molecule has 3 aliphatic heterocycles.